The smallest absolute Gasteiger partial charge is 0.300 e. The molecule has 3 aromatic carbocycles. The number of aryl methyl sites for hydroxylation is 1. The van der Waals surface area contributed by atoms with E-state index in [-0.39, 0.29) is 11.3 Å². The number of aliphatic hydroxyl groups is 1. The van der Waals surface area contributed by atoms with E-state index in [1.54, 1.807) is 54.6 Å². The highest BCUT2D eigenvalue weighted by molar-refractivity contribution is 6.51. The van der Waals surface area contributed by atoms with Crippen LogP contribution in [-0.2, 0) is 9.59 Å². The van der Waals surface area contributed by atoms with Gasteiger partial charge in [0.15, 0.2) is 11.5 Å². The van der Waals surface area contributed by atoms with Gasteiger partial charge in [-0.1, -0.05) is 42.0 Å². The van der Waals surface area contributed by atoms with Gasteiger partial charge in [0, 0.05) is 17.3 Å². The van der Waals surface area contributed by atoms with Crippen molar-refractivity contribution in [2.24, 2.45) is 0 Å². The number of ether oxygens (including phenoxy) is 3. The van der Waals surface area contributed by atoms with Crippen molar-refractivity contribution in [3.8, 4) is 17.2 Å². The lowest BCUT2D eigenvalue weighted by Crippen LogP contribution is -2.29. The van der Waals surface area contributed by atoms with Crippen LogP contribution in [0.2, 0.25) is 0 Å². The first-order chi connectivity index (χ1) is 16.9. The summed E-state index contributed by atoms with van der Waals surface area (Å²) in [6, 6.07) is 18.3. The maximum Gasteiger partial charge on any atom is 0.300 e. The number of anilines is 1. The predicted octanol–water partition coefficient (Wildman–Crippen LogP) is 5.04. The highest BCUT2D eigenvalue weighted by Gasteiger charge is 2.47. The van der Waals surface area contributed by atoms with Crippen molar-refractivity contribution in [2.45, 2.75) is 19.9 Å². The van der Waals surface area contributed by atoms with Crippen LogP contribution in [0.1, 0.15) is 29.7 Å². The van der Waals surface area contributed by atoms with Crippen molar-refractivity contribution < 1.29 is 28.9 Å². The number of Topliss-reactive ketones (excluding diaryl/α,β-unsaturated/α-hetero) is 1. The molecule has 0 aromatic heterocycles. The summed E-state index contributed by atoms with van der Waals surface area (Å²) in [5.74, 6) is -0.251. The number of aliphatic hydroxyl groups excluding tert-OH is 1. The van der Waals surface area contributed by atoms with E-state index in [1.165, 1.54) is 19.1 Å². The van der Waals surface area contributed by atoms with Crippen LogP contribution >= 0.6 is 0 Å². The number of nitrogens with zero attached hydrogens (tertiary/aromatic N) is 1. The molecule has 1 fully saturated rings. The van der Waals surface area contributed by atoms with Gasteiger partial charge in [-0.05, 0) is 43.7 Å². The Morgan fingerprint density at radius 3 is 2.31 bits per heavy atom. The summed E-state index contributed by atoms with van der Waals surface area (Å²) in [5.41, 5.74) is 2.50. The van der Waals surface area contributed by atoms with Crippen LogP contribution in [-0.4, -0.2) is 37.6 Å². The minimum Gasteiger partial charge on any atom is -0.507 e. The third-order valence-electron chi connectivity index (χ3n) is 5.90. The average Bonchev–Trinajstić information content (AvgIpc) is 3.14. The standard InChI is InChI=1S/C28H27NO6/c1-5-35-21-8-6-7-20(16-21)29-25(19-13-14-22(33-3)23(15-19)34-4)24(27(31)28(29)32)26(30)18-11-9-17(2)10-12-18/h6-16,25,30H,5H2,1-4H3/b26-24-. The Morgan fingerprint density at radius 2 is 1.66 bits per heavy atom. The molecule has 0 spiro atoms. The number of carbonyl (C=O) groups is 2. The predicted molar refractivity (Wildman–Crippen MR) is 133 cm³/mol. The average molecular weight is 474 g/mol. The van der Waals surface area contributed by atoms with E-state index in [0.717, 1.165) is 5.56 Å². The number of methoxy groups -OCH3 is 2. The summed E-state index contributed by atoms with van der Waals surface area (Å²) in [7, 11) is 3.04. The van der Waals surface area contributed by atoms with E-state index >= 15 is 0 Å². The number of carbonyl (C=O) groups excluding carboxylic acids is 2. The summed E-state index contributed by atoms with van der Waals surface area (Å²) >= 11 is 0. The molecule has 4 rings (SSSR count). The highest BCUT2D eigenvalue weighted by Crippen LogP contribution is 2.44. The van der Waals surface area contributed by atoms with Gasteiger partial charge >= 0.3 is 0 Å². The molecule has 1 aliphatic heterocycles. The largest absolute Gasteiger partial charge is 0.507 e. The minimum absolute atomic E-state index is 0.00659. The summed E-state index contributed by atoms with van der Waals surface area (Å²) in [4.78, 5) is 28.1. The number of amides is 1. The zero-order valence-corrected chi connectivity index (χ0v) is 20.1. The maximum atomic E-state index is 13.4. The fraction of sp³-hybridized carbons (Fsp3) is 0.214. The van der Waals surface area contributed by atoms with E-state index in [4.69, 9.17) is 14.2 Å². The Hall–Kier alpha value is -4.26. The molecule has 7 heteroatoms. The molecule has 1 N–H and O–H groups in total. The lowest BCUT2D eigenvalue weighted by molar-refractivity contribution is -0.132. The Labute approximate surface area is 204 Å². The van der Waals surface area contributed by atoms with Gasteiger partial charge in [-0.2, -0.15) is 0 Å². The second-order valence-corrected chi connectivity index (χ2v) is 8.08. The van der Waals surface area contributed by atoms with Crippen LogP contribution in [0.15, 0.2) is 72.3 Å². The Balaban J connectivity index is 1.95. The van der Waals surface area contributed by atoms with Crippen LogP contribution in [0.25, 0.3) is 5.76 Å². The van der Waals surface area contributed by atoms with E-state index in [2.05, 4.69) is 0 Å². The molecule has 0 radical (unpaired) electrons. The molecule has 1 unspecified atom stereocenters. The topological polar surface area (TPSA) is 85.3 Å². The summed E-state index contributed by atoms with van der Waals surface area (Å²) in [5, 5.41) is 11.3. The lowest BCUT2D eigenvalue weighted by atomic mass is 9.94. The van der Waals surface area contributed by atoms with Crippen LogP contribution in [0.5, 0.6) is 17.2 Å². The number of ketones is 1. The van der Waals surface area contributed by atoms with Crippen LogP contribution in [0.3, 0.4) is 0 Å². The van der Waals surface area contributed by atoms with Crippen LogP contribution in [0, 0.1) is 6.92 Å². The second kappa shape index (κ2) is 9.93. The third-order valence-corrected chi connectivity index (χ3v) is 5.90. The maximum absolute atomic E-state index is 13.4. The number of rotatable bonds is 7. The molecule has 1 aliphatic rings. The molecule has 180 valence electrons. The normalized spacial score (nSPS) is 16.9. The van der Waals surface area contributed by atoms with Crippen molar-refractivity contribution in [1.29, 1.82) is 0 Å². The summed E-state index contributed by atoms with van der Waals surface area (Å²) in [6.07, 6.45) is 0. The molecule has 0 bridgehead atoms. The molecule has 1 heterocycles. The molecule has 1 atom stereocenters. The molecule has 1 saturated heterocycles. The van der Waals surface area contributed by atoms with Gasteiger partial charge in [-0.3, -0.25) is 14.5 Å². The third kappa shape index (κ3) is 4.45. The molecule has 3 aromatic rings. The zero-order valence-electron chi connectivity index (χ0n) is 20.1. The fourth-order valence-electron chi connectivity index (χ4n) is 4.19. The summed E-state index contributed by atoms with van der Waals surface area (Å²) < 4.78 is 16.4. The van der Waals surface area contributed by atoms with E-state index in [0.29, 0.717) is 40.7 Å². The van der Waals surface area contributed by atoms with Crippen molar-refractivity contribution >= 4 is 23.1 Å². The number of benzene rings is 3. The lowest BCUT2D eigenvalue weighted by Gasteiger charge is -2.26. The Kier molecular flexibility index (Phi) is 6.78. The Bertz CT molecular complexity index is 1300. The Morgan fingerprint density at radius 1 is 0.943 bits per heavy atom. The number of hydrogen-bond acceptors (Lipinski definition) is 6. The molecule has 1 amide bonds. The van der Waals surface area contributed by atoms with Crippen molar-refractivity contribution in [2.75, 3.05) is 25.7 Å². The van der Waals surface area contributed by atoms with Crippen molar-refractivity contribution in [3.05, 3.63) is 89.0 Å². The highest BCUT2D eigenvalue weighted by atomic mass is 16.5. The van der Waals surface area contributed by atoms with Crippen molar-refractivity contribution in [3.63, 3.8) is 0 Å². The molecular weight excluding hydrogens is 446 g/mol. The monoisotopic (exact) mass is 473 g/mol. The first-order valence-electron chi connectivity index (χ1n) is 11.2. The van der Waals surface area contributed by atoms with Gasteiger partial charge in [0.2, 0.25) is 0 Å². The van der Waals surface area contributed by atoms with Gasteiger partial charge in [-0.15, -0.1) is 0 Å². The SMILES string of the molecule is CCOc1cccc(N2C(=O)C(=O)/C(=C(\O)c3ccc(C)cc3)C2c2ccc(OC)c(OC)c2)c1. The molecule has 0 saturated carbocycles. The van der Waals surface area contributed by atoms with Crippen LogP contribution in [0.4, 0.5) is 5.69 Å². The molecule has 0 aliphatic carbocycles. The minimum atomic E-state index is -0.895. The first-order valence-corrected chi connectivity index (χ1v) is 11.2. The quantitative estimate of drug-likeness (QED) is 0.294. The number of hydrogen-bond donors (Lipinski definition) is 1. The van der Waals surface area contributed by atoms with Gasteiger partial charge in [-0.25, -0.2) is 0 Å². The second-order valence-electron chi connectivity index (χ2n) is 8.08. The van der Waals surface area contributed by atoms with Crippen molar-refractivity contribution in [1.82, 2.24) is 0 Å². The van der Waals surface area contributed by atoms with E-state index < -0.39 is 17.7 Å². The van der Waals surface area contributed by atoms with E-state index in [1.807, 2.05) is 26.0 Å². The fourth-order valence-corrected chi connectivity index (χ4v) is 4.19. The van der Waals surface area contributed by atoms with Gasteiger partial charge in [0.1, 0.15) is 11.5 Å². The molecule has 35 heavy (non-hydrogen) atoms. The first kappa shape index (κ1) is 23.9. The summed E-state index contributed by atoms with van der Waals surface area (Å²) in [6.45, 7) is 4.25. The molecule has 7 nitrogen and oxygen atoms in total. The van der Waals surface area contributed by atoms with Crippen LogP contribution < -0.4 is 19.1 Å². The zero-order chi connectivity index (χ0) is 25.1. The van der Waals surface area contributed by atoms with E-state index in [9.17, 15) is 14.7 Å². The van der Waals surface area contributed by atoms with Gasteiger partial charge in [0.25, 0.3) is 11.7 Å². The molecular formula is C28H27NO6. The van der Waals surface area contributed by atoms with Gasteiger partial charge < -0.3 is 19.3 Å². The van der Waals surface area contributed by atoms with Gasteiger partial charge in [0.05, 0.1) is 32.4 Å².